The van der Waals surface area contributed by atoms with Crippen LogP contribution in [0.3, 0.4) is 0 Å². The summed E-state index contributed by atoms with van der Waals surface area (Å²) in [7, 11) is 3.71. The molecule has 2 rings (SSSR count). The third-order valence-corrected chi connectivity index (χ3v) is 3.94. The van der Waals surface area contributed by atoms with Crippen molar-refractivity contribution in [1.29, 1.82) is 0 Å². The van der Waals surface area contributed by atoms with E-state index in [0.717, 1.165) is 19.0 Å². The summed E-state index contributed by atoms with van der Waals surface area (Å²) in [5.74, 6) is 0.871. The molecule has 1 aromatic rings. The molecule has 110 valence electrons. The van der Waals surface area contributed by atoms with Crippen LogP contribution in [-0.4, -0.2) is 44.1 Å². The van der Waals surface area contributed by atoms with Gasteiger partial charge in [-0.2, -0.15) is 0 Å². The van der Waals surface area contributed by atoms with Crippen LogP contribution in [0.5, 0.6) is 0 Å². The quantitative estimate of drug-likeness (QED) is 0.650. The minimum atomic E-state index is 0.592. The Kier molecular flexibility index (Phi) is 5.87. The van der Waals surface area contributed by atoms with E-state index in [1.807, 2.05) is 7.05 Å². The molecule has 0 aromatic heterocycles. The Morgan fingerprint density at radius 1 is 1.30 bits per heavy atom. The molecule has 4 heteroatoms. The van der Waals surface area contributed by atoms with Crippen LogP contribution in [0.15, 0.2) is 35.3 Å². The molecule has 1 heterocycles. The van der Waals surface area contributed by atoms with Gasteiger partial charge in [-0.3, -0.25) is 9.89 Å². The summed E-state index contributed by atoms with van der Waals surface area (Å²) in [6, 6.07) is 11.3. The van der Waals surface area contributed by atoms with Gasteiger partial charge in [0.2, 0.25) is 0 Å². The number of nitrogens with one attached hydrogen (secondary N) is 2. The highest BCUT2D eigenvalue weighted by Crippen LogP contribution is 2.19. The molecular formula is C16H26N4. The molecule has 1 aromatic carbocycles. The van der Waals surface area contributed by atoms with Crippen LogP contribution in [0.25, 0.3) is 0 Å². The molecule has 1 unspecified atom stereocenters. The molecule has 2 N–H and O–H groups in total. The number of aliphatic imine (C=N–C) groups is 1. The van der Waals surface area contributed by atoms with Gasteiger partial charge in [0.15, 0.2) is 5.96 Å². The van der Waals surface area contributed by atoms with Crippen LogP contribution in [0, 0.1) is 0 Å². The largest absolute Gasteiger partial charge is 0.359 e. The first-order valence-corrected chi connectivity index (χ1v) is 7.50. The van der Waals surface area contributed by atoms with E-state index < -0.39 is 0 Å². The van der Waals surface area contributed by atoms with Crippen LogP contribution >= 0.6 is 0 Å². The van der Waals surface area contributed by atoms with E-state index in [9.17, 15) is 0 Å². The van der Waals surface area contributed by atoms with Crippen molar-refractivity contribution < 1.29 is 0 Å². The standard InChI is InChI=1S/C16H26N4/c1-17-16(18-2)19-12-15-10-6-7-11-20(15)13-14-8-4-3-5-9-14/h3-5,8-9,15H,6-7,10-13H2,1-2H3,(H2,17,18,19). The van der Waals surface area contributed by atoms with E-state index in [-0.39, 0.29) is 0 Å². The van der Waals surface area contributed by atoms with Crippen LogP contribution in [-0.2, 0) is 6.54 Å². The molecule has 0 spiro atoms. The summed E-state index contributed by atoms with van der Waals surface area (Å²) in [6.07, 6.45) is 3.90. The number of hydrogen-bond acceptors (Lipinski definition) is 2. The Morgan fingerprint density at radius 2 is 2.10 bits per heavy atom. The van der Waals surface area contributed by atoms with E-state index in [1.165, 1.54) is 31.4 Å². The van der Waals surface area contributed by atoms with Crippen molar-refractivity contribution in [3.63, 3.8) is 0 Å². The van der Waals surface area contributed by atoms with E-state index in [2.05, 4.69) is 50.9 Å². The smallest absolute Gasteiger partial charge is 0.190 e. The van der Waals surface area contributed by atoms with Gasteiger partial charge in [0, 0.05) is 33.2 Å². The maximum absolute atomic E-state index is 4.18. The molecule has 0 radical (unpaired) electrons. The van der Waals surface area contributed by atoms with Gasteiger partial charge in [-0.05, 0) is 24.9 Å². The van der Waals surface area contributed by atoms with Gasteiger partial charge in [-0.1, -0.05) is 36.8 Å². The number of nitrogens with zero attached hydrogens (tertiary/aromatic N) is 2. The van der Waals surface area contributed by atoms with Gasteiger partial charge in [0.25, 0.3) is 0 Å². The van der Waals surface area contributed by atoms with Crippen molar-refractivity contribution in [2.24, 2.45) is 4.99 Å². The number of hydrogen-bond donors (Lipinski definition) is 2. The van der Waals surface area contributed by atoms with Gasteiger partial charge < -0.3 is 10.6 Å². The van der Waals surface area contributed by atoms with E-state index in [4.69, 9.17) is 0 Å². The Labute approximate surface area is 122 Å². The Hall–Kier alpha value is -1.55. The Morgan fingerprint density at radius 3 is 2.80 bits per heavy atom. The summed E-state index contributed by atoms with van der Waals surface area (Å²) < 4.78 is 0. The minimum Gasteiger partial charge on any atom is -0.359 e. The fourth-order valence-corrected chi connectivity index (χ4v) is 2.81. The lowest BCUT2D eigenvalue weighted by molar-refractivity contribution is 0.141. The summed E-state index contributed by atoms with van der Waals surface area (Å²) >= 11 is 0. The molecular weight excluding hydrogens is 248 g/mol. The Bertz CT molecular complexity index is 416. The minimum absolute atomic E-state index is 0.592. The summed E-state index contributed by atoms with van der Waals surface area (Å²) in [5, 5.41) is 6.48. The monoisotopic (exact) mass is 274 g/mol. The lowest BCUT2D eigenvalue weighted by Gasteiger charge is -2.36. The second-order valence-corrected chi connectivity index (χ2v) is 5.31. The highest BCUT2D eigenvalue weighted by molar-refractivity contribution is 5.79. The normalized spacial score (nSPS) is 20.7. The number of likely N-dealkylation sites (tertiary alicyclic amines) is 1. The van der Waals surface area contributed by atoms with Crippen molar-refractivity contribution in [3.8, 4) is 0 Å². The van der Waals surface area contributed by atoms with Gasteiger partial charge in [0.05, 0.1) is 0 Å². The van der Waals surface area contributed by atoms with Crippen molar-refractivity contribution in [3.05, 3.63) is 35.9 Å². The first-order valence-electron chi connectivity index (χ1n) is 7.50. The fraction of sp³-hybridized carbons (Fsp3) is 0.562. The van der Waals surface area contributed by atoms with Crippen molar-refractivity contribution in [2.45, 2.75) is 31.8 Å². The maximum atomic E-state index is 4.18. The average molecular weight is 274 g/mol. The zero-order valence-electron chi connectivity index (χ0n) is 12.6. The molecule has 0 amide bonds. The number of rotatable bonds is 4. The molecule has 1 aliphatic heterocycles. The summed E-state index contributed by atoms with van der Waals surface area (Å²) in [5.41, 5.74) is 1.40. The average Bonchev–Trinajstić information content (AvgIpc) is 2.51. The lowest BCUT2D eigenvalue weighted by Crippen LogP contribution is -2.48. The number of piperidine rings is 1. The van der Waals surface area contributed by atoms with Crippen LogP contribution in [0.1, 0.15) is 24.8 Å². The Balaban J connectivity index is 1.91. The molecule has 1 fully saturated rings. The molecule has 1 saturated heterocycles. The lowest BCUT2D eigenvalue weighted by atomic mass is 10.0. The van der Waals surface area contributed by atoms with Crippen molar-refractivity contribution in [2.75, 3.05) is 27.2 Å². The van der Waals surface area contributed by atoms with Crippen molar-refractivity contribution >= 4 is 5.96 Å². The van der Waals surface area contributed by atoms with Gasteiger partial charge in [-0.15, -0.1) is 0 Å². The van der Waals surface area contributed by atoms with Crippen molar-refractivity contribution in [1.82, 2.24) is 15.5 Å². The van der Waals surface area contributed by atoms with Gasteiger partial charge in [0.1, 0.15) is 0 Å². The van der Waals surface area contributed by atoms with Crippen LogP contribution in [0.2, 0.25) is 0 Å². The maximum Gasteiger partial charge on any atom is 0.190 e. The zero-order chi connectivity index (χ0) is 14.2. The number of guanidine groups is 1. The predicted molar refractivity (Wildman–Crippen MR) is 84.9 cm³/mol. The molecule has 1 atom stereocenters. The van der Waals surface area contributed by atoms with Gasteiger partial charge >= 0.3 is 0 Å². The van der Waals surface area contributed by atoms with Crippen LogP contribution < -0.4 is 10.6 Å². The predicted octanol–water partition coefficient (Wildman–Crippen LogP) is 1.84. The molecule has 4 nitrogen and oxygen atoms in total. The van der Waals surface area contributed by atoms with Crippen LogP contribution in [0.4, 0.5) is 0 Å². The molecule has 0 aliphatic carbocycles. The summed E-state index contributed by atoms with van der Waals surface area (Å²) in [6.45, 7) is 3.20. The zero-order valence-corrected chi connectivity index (χ0v) is 12.6. The topological polar surface area (TPSA) is 39.7 Å². The first kappa shape index (κ1) is 14.9. The van der Waals surface area contributed by atoms with Gasteiger partial charge in [-0.25, -0.2) is 0 Å². The second-order valence-electron chi connectivity index (χ2n) is 5.31. The molecule has 20 heavy (non-hydrogen) atoms. The fourth-order valence-electron chi connectivity index (χ4n) is 2.81. The first-order chi connectivity index (χ1) is 9.83. The third-order valence-electron chi connectivity index (χ3n) is 3.94. The highest BCUT2D eigenvalue weighted by Gasteiger charge is 2.22. The second kappa shape index (κ2) is 7.90. The summed E-state index contributed by atoms with van der Waals surface area (Å²) in [4.78, 5) is 6.77. The third kappa shape index (κ3) is 4.23. The van der Waals surface area contributed by atoms with E-state index in [1.54, 1.807) is 7.05 Å². The molecule has 1 aliphatic rings. The van der Waals surface area contributed by atoms with E-state index >= 15 is 0 Å². The number of benzene rings is 1. The highest BCUT2D eigenvalue weighted by atomic mass is 15.2. The SMILES string of the molecule is CN=C(NC)NCC1CCCCN1Cc1ccccc1. The molecule has 0 saturated carbocycles. The van der Waals surface area contributed by atoms with E-state index in [0.29, 0.717) is 6.04 Å². The molecule has 0 bridgehead atoms.